The molecule has 1 amide bonds. The molecule has 134 valence electrons. The Morgan fingerprint density at radius 3 is 2.65 bits per heavy atom. The van der Waals surface area contributed by atoms with Crippen LogP contribution in [0.5, 0.6) is 0 Å². The van der Waals surface area contributed by atoms with Crippen LogP contribution in [-0.2, 0) is 4.79 Å². The number of rotatable bonds is 6. The van der Waals surface area contributed by atoms with Crippen molar-refractivity contribution in [1.82, 2.24) is 15.1 Å². The Morgan fingerprint density at radius 1 is 1.12 bits per heavy atom. The maximum Gasteiger partial charge on any atom is 0.247 e. The molecule has 0 unspecified atom stereocenters. The zero-order chi connectivity index (χ0) is 18.5. The van der Waals surface area contributed by atoms with Crippen molar-refractivity contribution < 1.29 is 9.59 Å². The average Bonchev–Trinajstić information content (AvgIpc) is 3.05. The third-order valence-electron chi connectivity index (χ3n) is 4.43. The molecule has 0 saturated heterocycles. The van der Waals surface area contributed by atoms with Gasteiger partial charge >= 0.3 is 0 Å². The van der Waals surface area contributed by atoms with Gasteiger partial charge in [0.15, 0.2) is 0 Å². The molecule has 1 atom stereocenters. The van der Waals surface area contributed by atoms with Crippen LogP contribution in [0.2, 0.25) is 0 Å². The van der Waals surface area contributed by atoms with Gasteiger partial charge in [-0.25, -0.2) is 4.68 Å². The maximum absolute atomic E-state index is 12.4. The van der Waals surface area contributed by atoms with E-state index < -0.39 is 0 Å². The number of nitrogens with one attached hydrogen (secondary N) is 1. The lowest BCUT2D eigenvalue weighted by atomic mass is 10.1. The zero-order valence-electron chi connectivity index (χ0n) is 15.1. The second-order valence-electron chi connectivity index (χ2n) is 6.57. The number of hydrogen-bond donors (Lipinski definition) is 1. The number of hydrogen-bond acceptors (Lipinski definition) is 3. The van der Waals surface area contributed by atoms with Crippen LogP contribution in [0.1, 0.15) is 48.1 Å². The van der Waals surface area contributed by atoms with Gasteiger partial charge in [0, 0.05) is 18.2 Å². The Balaban J connectivity index is 1.51. The Bertz CT molecular complexity index is 915. The summed E-state index contributed by atoms with van der Waals surface area (Å²) in [4.78, 5) is 24.5. The van der Waals surface area contributed by atoms with Gasteiger partial charge in [0.05, 0.1) is 17.8 Å². The van der Waals surface area contributed by atoms with Gasteiger partial charge in [0.2, 0.25) is 11.8 Å². The molecule has 1 heterocycles. The van der Waals surface area contributed by atoms with Gasteiger partial charge in [-0.2, -0.15) is 5.10 Å². The quantitative estimate of drug-likeness (QED) is 0.731. The zero-order valence-corrected chi connectivity index (χ0v) is 15.1. The van der Waals surface area contributed by atoms with Crippen LogP contribution in [0.4, 0.5) is 0 Å². The first-order valence-electron chi connectivity index (χ1n) is 8.86. The van der Waals surface area contributed by atoms with Crippen LogP contribution in [0, 0.1) is 6.92 Å². The number of aryl methyl sites for hydroxylation is 1. The molecule has 5 heteroatoms. The summed E-state index contributed by atoms with van der Waals surface area (Å²) < 4.78 is 1.43. The van der Waals surface area contributed by atoms with Gasteiger partial charge in [-0.1, -0.05) is 42.0 Å². The number of benzene rings is 2. The fourth-order valence-corrected chi connectivity index (χ4v) is 3.00. The van der Waals surface area contributed by atoms with E-state index in [2.05, 4.69) is 10.4 Å². The monoisotopic (exact) mass is 349 g/mol. The largest absolute Gasteiger partial charge is 0.350 e. The highest BCUT2D eigenvalue weighted by Gasteiger charge is 2.13. The normalized spacial score (nSPS) is 12.1. The highest BCUT2D eigenvalue weighted by atomic mass is 16.2. The van der Waals surface area contributed by atoms with E-state index >= 15 is 0 Å². The molecule has 26 heavy (non-hydrogen) atoms. The molecule has 0 aliphatic heterocycles. The van der Waals surface area contributed by atoms with Gasteiger partial charge in [-0.15, -0.1) is 0 Å². The van der Waals surface area contributed by atoms with Crippen molar-refractivity contribution in [3.63, 3.8) is 0 Å². The Kier molecular flexibility index (Phi) is 5.46. The lowest BCUT2D eigenvalue weighted by Gasteiger charge is -2.14. The minimum Gasteiger partial charge on any atom is -0.350 e. The summed E-state index contributed by atoms with van der Waals surface area (Å²) >= 11 is 0. The SMILES string of the molecule is Cc1ccc2c(cnn2C(=O)CCCC(=O)N[C@@H](C)c2ccccc2)c1. The van der Waals surface area contributed by atoms with Gasteiger partial charge in [-0.3, -0.25) is 9.59 Å². The van der Waals surface area contributed by atoms with Crippen molar-refractivity contribution in [1.29, 1.82) is 0 Å². The number of nitrogens with zero attached hydrogens (tertiary/aromatic N) is 2. The van der Waals surface area contributed by atoms with E-state index in [0.717, 1.165) is 22.0 Å². The molecule has 0 radical (unpaired) electrons. The van der Waals surface area contributed by atoms with Crippen LogP contribution in [0.3, 0.4) is 0 Å². The lowest BCUT2D eigenvalue weighted by Crippen LogP contribution is -2.26. The molecule has 0 spiro atoms. The molecule has 3 aromatic rings. The van der Waals surface area contributed by atoms with Crippen molar-refractivity contribution in [3.8, 4) is 0 Å². The molecule has 0 fully saturated rings. The molecule has 0 aliphatic rings. The third-order valence-corrected chi connectivity index (χ3v) is 4.43. The van der Waals surface area contributed by atoms with Gasteiger partial charge in [0.1, 0.15) is 0 Å². The minimum atomic E-state index is -0.0900. The number of amides is 1. The molecule has 5 nitrogen and oxygen atoms in total. The van der Waals surface area contributed by atoms with E-state index in [4.69, 9.17) is 0 Å². The standard InChI is InChI=1S/C21H23N3O2/c1-15-11-12-19-18(13-15)14-22-24(19)21(26)10-6-9-20(25)23-16(2)17-7-4-3-5-8-17/h3-5,7-8,11-14,16H,6,9-10H2,1-2H3,(H,23,25)/t16-/m0/s1. The first-order chi connectivity index (χ1) is 12.5. The molecule has 1 N–H and O–H groups in total. The van der Waals surface area contributed by atoms with Crippen LogP contribution in [0.15, 0.2) is 54.7 Å². The molecule has 0 saturated carbocycles. The summed E-state index contributed by atoms with van der Waals surface area (Å²) in [6.45, 7) is 3.96. The second kappa shape index (κ2) is 7.95. The Hall–Kier alpha value is -2.95. The number of aromatic nitrogens is 2. The van der Waals surface area contributed by atoms with Crippen LogP contribution in [-0.4, -0.2) is 21.6 Å². The highest BCUT2D eigenvalue weighted by Crippen LogP contribution is 2.16. The van der Waals surface area contributed by atoms with Gasteiger partial charge < -0.3 is 5.32 Å². The molecule has 2 aromatic carbocycles. The van der Waals surface area contributed by atoms with Crippen molar-refractivity contribution in [3.05, 3.63) is 65.9 Å². The van der Waals surface area contributed by atoms with E-state index in [0.29, 0.717) is 12.8 Å². The Labute approximate surface area is 153 Å². The van der Waals surface area contributed by atoms with E-state index in [1.807, 2.05) is 62.4 Å². The number of carbonyl (C=O) groups excluding carboxylic acids is 2. The fourth-order valence-electron chi connectivity index (χ4n) is 3.00. The van der Waals surface area contributed by atoms with E-state index in [9.17, 15) is 9.59 Å². The average molecular weight is 349 g/mol. The molecular weight excluding hydrogens is 326 g/mol. The molecule has 0 aliphatic carbocycles. The summed E-state index contributed by atoms with van der Waals surface area (Å²) in [7, 11) is 0. The smallest absolute Gasteiger partial charge is 0.247 e. The summed E-state index contributed by atoms with van der Waals surface area (Å²) in [6, 6.07) is 15.7. The molecular formula is C21H23N3O2. The predicted molar refractivity (Wildman–Crippen MR) is 102 cm³/mol. The summed E-state index contributed by atoms with van der Waals surface area (Å²) in [5, 5.41) is 8.11. The van der Waals surface area contributed by atoms with Crippen molar-refractivity contribution in [2.24, 2.45) is 0 Å². The van der Waals surface area contributed by atoms with Crippen LogP contribution >= 0.6 is 0 Å². The topological polar surface area (TPSA) is 64.0 Å². The van der Waals surface area contributed by atoms with E-state index in [1.54, 1.807) is 6.20 Å². The van der Waals surface area contributed by atoms with Gasteiger partial charge in [0.25, 0.3) is 0 Å². The third kappa shape index (κ3) is 4.17. The van der Waals surface area contributed by atoms with E-state index in [-0.39, 0.29) is 24.3 Å². The first kappa shape index (κ1) is 17.9. The Morgan fingerprint density at radius 2 is 1.88 bits per heavy atom. The van der Waals surface area contributed by atoms with Crippen LogP contribution in [0.25, 0.3) is 10.9 Å². The first-order valence-corrected chi connectivity index (χ1v) is 8.86. The van der Waals surface area contributed by atoms with E-state index in [1.165, 1.54) is 4.68 Å². The fraction of sp³-hybridized carbons (Fsp3) is 0.286. The van der Waals surface area contributed by atoms with Crippen LogP contribution < -0.4 is 5.32 Å². The highest BCUT2D eigenvalue weighted by molar-refractivity contribution is 5.91. The number of fused-ring (bicyclic) bond motifs is 1. The molecule has 3 rings (SSSR count). The van der Waals surface area contributed by atoms with Crippen molar-refractivity contribution >= 4 is 22.7 Å². The van der Waals surface area contributed by atoms with Crippen molar-refractivity contribution in [2.45, 2.75) is 39.2 Å². The summed E-state index contributed by atoms with van der Waals surface area (Å²) in [5.41, 5.74) is 3.01. The maximum atomic E-state index is 12.4. The molecule has 1 aromatic heterocycles. The molecule has 0 bridgehead atoms. The lowest BCUT2D eigenvalue weighted by molar-refractivity contribution is -0.121. The van der Waals surface area contributed by atoms with Crippen molar-refractivity contribution in [2.75, 3.05) is 0 Å². The summed E-state index contributed by atoms with van der Waals surface area (Å²) in [5.74, 6) is -0.136. The summed E-state index contributed by atoms with van der Waals surface area (Å²) in [6.07, 6.45) is 2.81. The van der Waals surface area contributed by atoms with Gasteiger partial charge in [-0.05, 0) is 38.0 Å². The second-order valence-corrected chi connectivity index (χ2v) is 6.57. The predicted octanol–water partition coefficient (Wildman–Crippen LogP) is 4.03. The number of carbonyl (C=O) groups is 2. The minimum absolute atomic E-state index is 0.0438.